The molecule has 3 heterocycles. The average Bonchev–Trinajstić information content (AvgIpc) is 2.67. The summed E-state index contributed by atoms with van der Waals surface area (Å²) in [5.74, 6) is 1.49. The summed E-state index contributed by atoms with van der Waals surface area (Å²) >= 11 is 13.2. The van der Waals surface area contributed by atoms with Crippen LogP contribution in [0.5, 0.6) is 11.5 Å². The summed E-state index contributed by atoms with van der Waals surface area (Å²) in [5.41, 5.74) is 7.38. The van der Waals surface area contributed by atoms with Crippen LogP contribution in [0.25, 0.3) is 27.5 Å². The van der Waals surface area contributed by atoms with Crippen LogP contribution >= 0.6 is 23.2 Å². The number of nitrogen functional groups attached to an aromatic ring is 1. The second kappa shape index (κ2) is 7.70. The number of hydrogen-bond acceptors (Lipinski definition) is 7. The molecule has 0 saturated carbocycles. The van der Waals surface area contributed by atoms with Gasteiger partial charge in [0.05, 0.1) is 29.8 Å². The molecule has 2 N–H and O–H groups in total. The molecule has 0 aliphatic carbocycles. The molecule has 8 nitrogen and oxygen atoms in total. The van der Waals surface area contributed by atoms with Gasteiger partial charge < -0.3 is 30.4 Å². The van der Waals surface area contributed by atoms with Crippen LogP contribution in [-0.2, 0) is 0 Å². The Morgan fingerprint density at radius 1 is 1.10 bits per heavy atom. The Hall–Kier alpha value is -2.55. The molecule has 1 saturated heterocycles. The van der Waals surface area contributed by atoms with Gasteiger partial charge in [-0.1, -0.05) is 23.2 Å². The number of halogens is 2. The minimum Gasteiger partial charge on any atom is -0.495 e. The topological polar surface area (TPSA) is 100 Å². The highest BCUT2D eigenvalue weighted by Gasteiger charge is 2.21. The van der Waals surface area contributed by atoms with Crippen LogP contribution < -0.4 is 15.2 Å². The Bertz CT molecular complexity index is 1060. The quantitative estimate of drug-likeness (QED) is 0.650. The number of nitrogens with two attached hydrogens (primary N) is 1. The Morgan fingerprint density at radius 3 is 2.34 bits per heavy atom. The van der Waals surface area contributed by atoms with Gasteiger partial charge in [0, 0.05) is 36.3 Å². The number of aromatic nitrogens is 3. The minimum absolute atomic E-state index is 0.132. The van der Waals surface area contributed by atoms with E-state index in [1.165, 1.54) is 14.2 Å². The largest absolute Gasteiger partial charge is 0.495 e. The summed E-state index contributed by atoms with van der Waals surface area (Å²) in [7, 11) is 5.09. The molecule has 0 atom stereocenters. The number of rotatable bonds is 5. The maximum atomic E-state index is 6.58. The Balaban J connectivity index is 1.92. The predicted molar refractivity (Wildman–Crippen MR) is 115 cm³/mol. The summed E-state index contributed by atoms with van der Waals surface area (Å²) in [6, 6.07) is 3.56. The normalized spacial score (nSPS) is 14.7. The zero-order valence-corrected chi connectivity index (χ0v) is 17.6. The lowest BCUT2D eigenvalue weighted by atomic mass is 10.1. The average molecular weight is 434 g/mol. The summed E-state index contributed by atoms with van der Waals surface area (Å²) in [6.07, 6.45) is 1.63. The molecule has 0 bridgehead atoms. The number of likely N-dealkylation sites (N-methyl/N-ethyl adjacent to an activating group) is 1. The van der Waals surface area contributed by atoms with Crippen LogP contribution in [0.15, 0.2) is 18.3 Å². The van der Waals surface area contributed by atoms with E-state index in [0.717, 1.165) is 18.5 Å². The van der Waals surface area contributed by atoms with E-state index in [4.69, 9.17) is 48.7 Å². The summed E-state index contributed by atoms with van der Waals surface area (Å²) < 4.78 is 10.7. The SMILES string of the molecule is COc1cc(OC)c(Cl)c(-c2cc3cnc(N)nc3c([N-]C3CN(C)C3)n2)c1Cl. The molecule has 4 rings (SSSR count). The first-order valence-electron chi connectivity index (χ1n) is 8.84. The molecule has 0 unspecified atom stereocenters. The number of pyridine rings is 1. The second-order valence-corrected chi connectivity index (χ2v) is 7.54. The van der Waals surface area contributed by atoms with Gasteiger partial charge in [-0.3, -0.25) is 0 Å². The zero-order valence-electron chi connectivity index (χ0n) is 16.1. The van der Waals surface area contributed by atoms with E-state index in [0.29, 0.717) is 44.1 Å². The van der Waals surface area contributed by atoms with Gasteiger partial charge in [-0.25, -0.2) is 9.97 Å². The molecule has 1 aliphatic heterocycles. The molecule has 0 radical (unpaired) electrons. The fourth-order valence-corrected chi connectivity index (χ4v) is 3.98. The Morgan fingerprint density at radius 2 is 1.76 bits per heavy atom. The van der Waals surface area contributed by atoms with Crippen molar-refractivity contribution in [3.05, 3.63) is 33.7 Å². The van der Waals surface area contributed by atoms with Gasteiger partial charge in [0.25, 0.3) is 0 Å². The maximum Gasteiger partial charge on any atom is 0.220 e. The molecule has 3 aromatic rings. The molecule has 0 spiro atoms. The third kappa shape index (κ3) is 3.59. The lowest BCUT2D eigenvalue weighted by Crippen LogP contribution is -2.47. The number of likely N-dealkylation sites (tertiary alicyclic amines) is 1. The van der Waals surface area contributed by atoms with E-state index in [1.807, 2.05) is 7.05 Å². The molecule has 2 aromatic heterocycles. The predicted octanol–water partition coefficient (Wildman–Crippen LogP) is 3.92. The van der Waals surface area contributed by atoms with E-state index < -0.39 is 0 Å². The van der Waals surface area contributed by atoms with Crippen molar-refractivity contribution >= 4 is 45.9 Å². The van der Waals surface area contributed by atoms with Crippen LogP contribution in [0.2, 0.25) is 10.0 Å². The standard InChI is InChI=1S/C19H19Cl2N6O2/c1-27-7-10(8-27)24-18-17-9(6-23-19(22)26-17)4-11(25-18)14-15(20)12(28-2)5-13(29-3)16(14)21/h4-6,10H,7-8H2,1-3H3,(H2-,22,23,24,25,26)/q-1. The molecule has 1 fully saturated rings. The van der Waals surface area contributed by atoms with Gasteiger partial charge in [0.15, 0.2) is 0 Å². The van der Waals surface area contributed by atoms with Gasteiger partial charge in [0.2, 0.25) is 5.95 Å². The van der Waals surface area contributed by atoms with Crippen LogP contribution in [0.1, 0.15) is 0 Å². The molecule has 1 aliphatic rings. The van der Waals surface area contributed by atoms with Crippen molar-refractivity contribution in [1.29, 1.82) is 0 Å². The number of fused-ring (bicyclic) bond motifs is 1. The molecule has 10 heteroatoms. The van der Waals surface area contributed by atoms with Crippen molar-refractivity contribution in [2.24, 2.45) is 0 Å². The van der Waals surface area contributed by atoms with E-state index in [1.54, 1.807) is 18.3 Å². The first-order valence-corrected chi connectivity index (χ1v) is 9.59. The van der Waals surface area contributed by atoms with Crippen molar-refractivity contribution in [2.75, 3.05) is 40.1 Å². The Kier molecular flexibility index (Phi) is 5.24. The van der Waals surface area contributed by atoms with Crippen molar-refractivity contribution in [3.63, 3.8) is 0 Å². The molecule has 0 amide bonds. The smallest absolute Gasteiger partial charge is 0.220 e. The van der Waals surface area contributed by atoms with Gasteiger partial charge in [-0.05, 0) is 30.7 Å². The highest BCUT2D eigenvalue weighted by molar-refractivity contribution is 6.41. The van der Waals surface area contributed by atoms with Crippen LogP contribution in [0, 0.1) is 0 Å². The number of methoxy groups -OCH3 is 2. The van der Waals surface area contributed by atoms with Gasteiger partial charge in [-0.15, -0.1) is 0 Å². The van der Waals surface area contributed by atoms with Gasteiger partial charge >= 0.3 is 0 Å². The summed E-state index contributed by atoms with van der Waals surface area (Å²) in [4.78, 5) is 15.3. The van der Waals surface area contributed by atoms with Crippen LogP contribution in [-0.4, -0.2) is 60.3 Å². The first-order chi connectivity index (χ1) is 13.9. The number of benzene rings is 1. The zero-order chi connectivity index (χ0) is 20.7. The van der Waals surface area contributed by atoms with Crippen LogP contribution in [0.4, 0.5) is 11.8 Å². The highest BCUT2D eigenvalue weighted by Crippen LogP contribution is 2.46. The number of ether oxygens (including phenoxy) is 2. The van der Waals surface area contributed by atoms with Crippen molar-refractivity contribution in [2.45, 2.75) is 6.04 Å². The van der Waals surface area contributed by atoms with Crippen molar-refractivity contribution < 1.29 is 9.47 Å². The number of anilines is 1. The third-order valence-electron chi connectivity index (χ3n) is 4.75. The van der Waals surface area contributed by atoms with Crippen LogP contribution in [0.3, 0.4) is 0 Å². The van der Waals surface area contributed by atoms with Gasteiger partial charge in [-0.2, -0.15) is 0 Å². The lowest BCUT2D eigenvalue weighted by molar-refractivity contribution is 0.212. The van der Waals surface area contributed by atoms with Crippen molar-refractivity contribution in [3.8, 4) is 22.8 Å². The third-order valence-corrected chi connectivity index (χ3v) is 5.50. The number of nitrogens with zero attached hydrogens (tertiary/aromatic N) is 5. The van der Waals surface area contributed by atoms with E-state index >= 15 is 0 Å². The van der Waals surface area contributed by atoms with Crippen molar-refractivity contribution in [1.82, 2.24) is 19.9 Å². The van der Waals surface area contributed by atoms with E-state index in [-0.39, 0.29) is 12.0 Å². The van der Waals surface area contributed by atoms with Gasteiger partial charge in [0.1, 0.15) is 11.5 Å². The first kappa shape index (κ1) is 19.8. The number of hydrogen-bond donors (Lipinski definition) is 1. The summed E-state index contributed by atoms with van der Waals surface area (Å²) in [5, 5.41) is 6.15. The lowest BCUT2D eigenvalue weighted by Gasteiger charge is -2.41. The monoisotopic (exact) mass is 433 g/mol. The van der Waals surface area contributed by atoms with E-state index in [2.05, 4.69) is 14.9 Å². The van der Waals surface area contributed by atoms with E-state index in [9.17, 15) is 0 Å². The fraction of sp³-hybridized carbons (Fsp3) is 0.316. The Labute approximate surface area is 177 Å². The molecule has 29 heavy (non-hydrogen) atoms. The fourth-order valence-electron chi connectivity index (χ4n) is 3.29. The molecular weight excluding hydrogens is 415 g/mol. The second-order valence-electron chi connectivity index (χ2n) is 6.79. The highest BCUT2D eigenvalue weighted by atomic mass is 35.5. The molecular formula is C19H19Cl2N6O2-. The maximum absolute atomic E-state index is 6.58. The molecule has 1 aromatic carbocycles. The summed E-state index contributed by atoms with van der Waals surface area (Å²) in [6.45, 7) is 1.70. The minimum atomic E-state index is 0.132. The molecule has 152 valence electrons.